The average Bonchev–Trinajstić information content (AvgIpc) is 2.67. The lowest BCUT2D eigenvalue weighted by Gasteiger charge is -2.08. The topological polar surface area (TPSA) is 89.0 Å². The third-order valence-corrected chi connectivity index (χ3v) is 3.76. The largest absolute Gasteiger partial charge is 0.489 e. The zero-order chi connectivity index (χ0) is 19.5. The van der Waals surface area contributed by atoms with Crippen LogP contribution in [-0.2, 0) is 20.9 Å². The molecule has 0 unspecified atom stereocenters. The van der Waals surface area contributed by atoms with E-state index in [0.717, 1.165) is 5.56 Å². The highest BCUT2D eigenvalue weighted by molar-refractivity contribution is 6.35. The van der Waals surface area contributed by atoms with Crippen LogP contribution in [-0.4, -0.2) is 38.3 Å². The van der Waals surface area contributed by atoms with E-state index in [4.69, 9.17) is 21.1 Å². The minimum Gasteiger partial charge on any atom is -0.489 e. The van der Waals surface area contributed by atoms with E-state index in [0.29, 0.717) is 29.5 Å². The molecule has 0 atom stereocenters. The zero-order valence-electron chi connectivity index (χ0n) is 14.8. The first-order valence-corrected chi connectivity index (χ1v) is 8.54. The Balaban J connectivity index is 1.86. The molecule has 0 aliphatic rings. The molecule has 0 fully saturated rings. The third-order valence-electron chi connectivity index (χ3n) is 3.39. The number of amides is 2. The van der Waals surface area contributed by atoms with Crippen LogP contribution < -0.4 is 15.5 Å². The summed E-state index contributed by atoms with van der Waals surface area (Å²) in [7, 11) is 1.50. The van der Waals surface area contributed by atoms with E-state index < -0.39 is 11.8 Å². The van der Waals surface area contributed by atoms with E-state index in [9.17, 15) is 9.59 Å². The third kappa shape index (κ3) is 7.08. The molecule has 0 bridgehead atoms. The van der Waals surface area contributed by atoms with E-state index >= 15 is 0 Å². The normalized spacial score (nSPS) is 10.6. The predicted octanol–water partition coefficient (Wildman–Crippen LogP) is 2.13. The van der Waals surface area contributed by atoms with Crippen LogP contribution in [0.3, 0.4) is 0 Å². The molecule has 2 amide bonds. The fraction of sp³-hybridized carbons (Fsp3) is 0.211. The molecule has 0 saturated carbocycles. The number of methoxy groups -OCH3 is 1. The number of nitrogens with one attached hydrogen (secondary N) is 2. The standard InChI is InChI=1S/C19H20ClN3O4/c1-26-10-9-21-18(24)19(25)23-22-12-14-5-4-7-16(11-14)27-13-15-6-2-3-8-17(15)20/h2-8,11-12H,9-10,13H2,1H3,(H,21,24)(H,23,25)/b22-12-. The lowest BCUT2D eigenvalue weighted by atomic mass is 10.2. The summed E-state index contributed by atoms with van der Waals surface area (Å²) < 4.78 is 10.5. The molecular formula is C19H20ClN3O4. The van der Waals surface area contributed by atoms with Gasteiger partial charge >= 0.3 is 11.8 Å². The van der Waals surface area contributed by atoms with Gasteiger partial charge in [-0.1, -0.05) is 41.9 Å². The minimum absolute atomic E-state index is 0.247. The summed E-state index contributed by atoms with van der Waals surface area (Å²) in [4.78, 5) is 23.0. The van der Waals surface area contributed by atoms with Gasteiger partial charge in [0.05, 0.1) is 12.8 Å². The fourth-order valence-corrected chi connectivity index (χ4v) is 2.21. The van der Waals surface area contributed by atoms with Gasteiger partial charge < -0.3 is 14.8 Å². The number of benzene rings is 2. The molecule has 0 heterocycles. The number of hydrazone groups is 1. The van der Waals surface area contributed by atoms with Crippen LogP contribution in [0.1, 0.15) is 11.1 Å². The van der Waals surface area contributed by atoms with Gasteiger partial charge in [-0.25, -0.2) is 5.43 Å². The van der Waals surface area contributed by atoms with Crippen LogP contribution in [0.25, 0.3) is 0 Å². The summed E-state index contributed by atoms with van der Waals surface area (Å²) in [6.07, 6.45) is 1.42. The number of carbonyl (C=O) groups is 2. The van der Waals surface area contributed by atoms with Crippen molar-refractivity contribution in [3.8, 4) is 5.75 Å². The van der Waals surface area contributed by atoms with Crippen molar-refractivity contribution in [1.29, 1.82) is 0 Å². The molecule has 0 radical (unpaired) electrons. The van der Waals surface area contributed by atoms with Crippen molar-refractivity contribution in [2.24, 2.45) is 5.10 Å². The van der Waals surface area contributed by atoms with Crippen molar-refractivity contribution in [3.63, 3.8) is 0 Å². The molecule has 142 valence electrons. The van der Waals surface area contributed by atoms with Gasteiger partial charge in [0.25, 0.3) is 0 Å². The Labute approximate surface area is 162 Å². The van der Waals surface area contributed by atoms with Crippen LogP contribution in [0, 0.1) is 0 Å². The maximum Gasteiger partial charge on any atom is 0.329 e. The van der Waals surface area contributed by atoms with Crippen molar-refractivity contribution in [2.45, 2.75) is 6.61 Å². The number of carbonyl (C=O) groups excluding carboxylic acids is 2. The van der Waals surface area contributed by atoms with E-state index in [-0.39, 0.29) is 6.54 Å². The molecule has 2 aromatic carbocycles. The molecule has 8 heteroatoms. The van der Waals surface area contributed by atoms with Gasteiger partial charge in [0, 0.05) is 24.2 Å². The van der Waals surface area contributed by atoms with Gasteiger partial charge in [0.15, 0.2) is 0 Å². The summed E-state index contributed by atoms with van der Waals surface area (Å²) in [5.74, 6) is -1.00. The van der Waals surface area contributed by atoms with Crippen LogP contribution in [0.2, 0.25) is 5.02 Å². The molecule has 0 spiro atoms. The lowest BCUT2D eigenvalue weighted by molar-refractivity contribution is -0.139. The Morgan fingerprint density at radius 2 is 1.96 bits per heavy atom. The predicted molar refractivity (Wildman–Crippen MR) is 103 cm³/mol. The molecule has 2 rings (SSSR count). The summed E-state index contributed by atoms with van der Waals surface area (Å²) in [5, 5.41) is 6.81. The second-order valence-corrected chi connectivity index (χ2v) is 5.81. The van der Waals surface area contributed by atoms with Gasteiger partial charge in [0.1, 0.15) is 12.4 Å². The van der Waals surface area contributed by atoms with Crippen molar-refractivity contribution in [3.05, 3.63) is 64.7 Å². The second-order valence-electron chi connectivity index (χ2n) is 5.40. The van der Waals surface area contributed by atoms with Gasteiger partial charge in [-0.2, -0.15) is 5.10 Å². The van der Waals surface area contributed by atoms with Gasteiger partial charge in [-0.3, -0.25) is 9.59 Å². The molecule has 2 N–H and O–H groups in total. The zero-order valence-corrected chi connectivity index (χ0v) is 15.5. The number of hydrogen-bond acceptors (Lipinski definition) is 5. The number of hydrogen-bond donors (Lipinski definition) is 2. The number of ether oxygens (including phenoxy) is 2. The summed E-state index contributed by atoms with van der Waals surface area (Å²) in [6.45, 7) is 0.902. The van der Waals surface area contributed by atoms with Crippen LogP contribution in [0.4, 0.5) is 0 Å². The molecular weight excluding hydrogens is 370 g/mol. The molecule has 27 heavy (non-hydrogen) atoms. The molecule has 0 aliphatic carbocycles. The minimum atomic E-state index is -0.853. The molecule has 0 aliphatic heterocycles. The van der Waals surface area contributed by atoms with Crippen molar-refractivity contribution >= 4 is 29.6 Å². The first-order chi connectivity index (χ1) is 13.1. The van der Waals surface area contributed by atoms with Crippen LogP contribution in [0.5, 0.6) is 5.75 Å². The number of rotatable bonds is 8. The van der Waals surface area contributed by atoms with Gasteiger partial charge in [0.2, 0.25) is 0 Å². The monoisotopic (exact) mass is 389 g/mol. The van der Waals surface area contributed by atoms with E-state index in [1.807, 2.05) is 18.2 Å². The number of nitrogens with zero attached hydrogens (tertiary/aromatic N) is 1. The average molecular weight is 390 g/mol. The smallest absolute Gasteiger partial charge is 0.329 e. The molecule has 7 nitrogen and oxygen atoms in total. The number of halogens is 1. The fourth-order valence-electron chi connectivity index (χ4n) is 2.02. The van der Waals surface area contributed by atoms with Crippen molar-refractivity contribution < 1.29 is 19.1 Å². The van der Waals surface area contributed by atoms with Crippen LogP contribution >= 0.6 is 11.6 Å². The van der Waals surface area contributed by atoms with Gasteiger partial charge in [-0.05, 0) is 23.8 Å². The second kappa shape index (κ2) is 10.9. The Bertz CT molecular complexity index is 811. The van der Waals surface area contributed by atoms with Crippen LogP contribution in [0.15, 0.2) is 53.6 Å². The van der Waals surface area contributed by atoms with E-state index in [1.54, 1.807) is 30.3 Å². The lowest BCUT2D eigenvalue weighted by Crippen LogP contribution is -2.39. The SMILES string of the molecule is COCCNC(=O)C(=O)N/N=C\c1cccc(OCc2ccccc2Cl)c1. The summed E-state index contributed by atoms with van der Waals surface area (Å²) in [5.41, 5.74) is 3.74. The van der Waals surface area contributed by atoms with Gasteiger partial charge in [-0.15, -0.1) is 0 Å². The quantitative estimate of drug-likeness (QED) is 0.313. The highest BCUT2D eigenvalue weighted by Crippen LogP contribution is 2.19. The Morgan fingerprint density at radius 1 is 1.15 bits per heavy atom. The van der Waals surface area contributed by atoms with E-state index in [2.05, 4.69) is 15.8 Å². The molecule has 0 aromatic heterocycles. The maximum atomic E-state index is 11.6. The van der Waals surface area contributed by atoms with E-state index in [1.165, 1.54) is 13.3 Å². The first kappa shape index (κ1) is 20.4. The van der Waals surface area contributed by atoms with Crippen molar-refractivity contribution in [1.82, 2.24) is 10.7 Å². The Kier molecular flexibility index (Phi) is 8.28. The Hall–Kier alpha value is -2.90. The van der Waals surface area contributed by atoms with Crippen molar-refractivity contribution in [2.75, 3.05) is 20.3 Å². The molecule has 2 aromatic rings. The summed E-state index contributed by atoms with van der Waals surface area (Å²) >= 11 is 6.10. The summed E-state index contributed by atoms with van der Waals surface area (Å²) in [6, 6.07) is 14.6. The molecule has 0 saturated heterocycles. The Morgan fingerprint density at radius 3 is 2.74 bits per heavy atom. The first-order valence-electron chi connectivity index (χ1n) is 8.16. The maximum absolute atomic E-state index is 11.6. The highest BCUT2D eigenvalue weighted by Gasteiger charge is 2.11. The highest BCUT2D eigenvalue weighted by atomic mass is 35.5.